The van der Waals surface area contributed by atoms with Crippen molar-refractivity contribution in [3.8, 4) is 0 Å². The Labute approximate surface area is 338 Å². The third kappa shape index (κ3) is 16.1. The zero-order valence-corrected chi connectivity index (χ0v) is 35.4. The van der Waals surface area contributed by atoms with Crippen molar-refractivity contribution in [3.05, 3.63) is 0 Å². The number of hydrogen-bond donors (Lipinski definition) is 0. The second kappa shape index (κ2) is 22.7. The fourth-order valence-electron chi connectivity index (χ4n) is 5.95. The van der Waals surface area contributed by atoms with E-state index >= 15 is 0 Å². The maximum atomic E-state index is 13.7. The highest BCUT2D eigenvalue weighted by molar-refractivity contribution is 5.73. The average Bonchev–Trinajstić information content (AvgIpc) is 3.30. The fourth-order valence-corrected chi connectivity index (χ4v) is 5.95. The molecule has 330 valence electrons. The second-order valence-electron chi connectivity index (χ2n) is 15.9. The minimum absolute atomic E-state index is 0.00686. The van der Waals surface area contributed by atoms with Gasteiger partial charge in [0.15, 0.2) is 24.4 Å². The molecule has 0 aromatic carbocycles. The van der Waals surface area contributed by atoms with Gasteiger partial charge in [0.2, 0.25) is 12.4 Å². The van der Waals surface area contributed by atoms with Gasteiger partial charge in [-0.05, 0) is 23.7 Å². The van der Waals surface area contributed by atoms with Crippen LogP contribution in [0.3, 0.4) is 0 Å². The lowest BCUT2D eigenvalue weighted by atomic mass is 9.98. The van der Waals surface area contributed by atoms with E-state index in [-0.39, 0.29) is 49.4 Å². The van der Waals surface area contributed by atoms with Gasteiger partial charge in [-0.2, -0.15) is 0 Å². The van der Waals surface area contributed by atoms with Crippen molar-refractivity contribution in [2.24, 2.45) is 23.7 Å². The van der Waals surface area contributed by atoms with Crippen LogP contribution in [0.15, 0.2) is 0 Å². The summed E-state index contributed by atoms with van der Waals surface area (Å²) in [5.74, 6) is -10.7. The van der Waals surface area contributed by atoms with Crippen molar-refractivity contribution >= 4 is 47.8 Å². The standard InChI is InChI=1S/C39H60O19/c1-19(2)13-29(44)49-18-28-34(54-30(45)14-20(3)4)37(55-31(46)15-21(5)6)39(56-28,57-32(47)16-22(7)8)58-38-36(52-26(12)43)35(51-25(11)42)33(50-24(10)41)27(53-38)17-48-23(9)40/h19-22,27-28,33-38H,13-18H2,1-12H3. The van der Waals surface area contributed by atoms with E-state index < -0.39 is 116 Å². The normalized spacial score (nSPS) is 26.8. The van der Waals surface area contributed by atoms with Crippen LogP contribution in [0, 0.1) is 23.7 Å². The molecule has 0 aromatic rings. The van der Waals surface area contributed by atoms with Crippen molar-refractivity contribution in [2.45, 2.75) is 164 Å². The maximum absolute atomic E-state index is 13.7. The lowest BCUT2D eigenvalue weighted by molar-refractivity contribution is -0.441. The molecule has 0 amide bonds. The SMILES string of the molecule is CC(=O)OCC1OC(OC2(OC(=O)CC(C)C)OC(COC(=O)CC(C)C)C(OC(=O)CC(C)C)C2OC(=O)CC(C)C)C(OC(C)=O)C(OC(C)=O)C1OC(C)=O. The number of esters is 8. The van der Waals surface area contributed by atoms with Crippen LogP contribution in [-0.4, -0.2) is 116 Å². The summed E-state index contributed by atoms with van der Waals surface area (Å²) in [6.07, 6.45) is -14.5. The first-order valence-electron chi connectivity index (χ1n) is 19.3. The summed E-state index contributed by atoms with van der Waals surface area (Å²) in [7, 11) is 0. The molecular formula is C39H60O19. The molecule has 2 aliphatic rings. The van der Waals surface area contributed by atoms with Crippen LogP contribution in [0.1, 0.15) is 109 Å². The Morgan fingerprint density at radius 1 is 0.483 bits per heavy atom. The number of hydrogen-bond acceptors (Lipinski definition) is 19. The summed E-state index contributed by atoms with van der Waals surface area (Å²) in [6, 6.07) is 0. The first-order chi connectivity index (χ1) is 26.9. The van der Waals surface area contributed by atoms with Crippen LogP contribution < -0.4 is 0 Å². The summed E-state index contributed by atoms with van der Waals surface area (Å²) >= 11 is 0. The van der Waals surface area contributed by atoms with Gasteiger partial charge in [0, 0.05) is 53.4 Å². The quantitative estimate of drug-likeness (QED) is 0.0972. The van der Waals surface area contributed by atoms with E-state index in [9.17, 15) is 38.4 Å². The van der Waals surface area contributed by atoms with Crippen LogP contribution in [0.4, 0.5) is 0 Å². The van der Waals surface area contributed by atoms with Gasteiger partial charge in [-0.3, -0.25) is 43.1 Å². The number of rotatable bonds is 20. The third-order valence-electron chi connectivity index (χ3n) is 8.05. The molecule has 2 heterocycles. The second-order valence-corrected chi connectivity index (χ2v) is 15.9. The van der Waals surface area contributed by atoms with Gasteiger partial charge in [-0.1, -0.05) is 55.4 Å². The predicted octanol–water partition coefficient (Wildman–Crippen LogP) is 3.23. The fraction of sp³-hybridized carbons (Fsp3) is 0.795. The van der Waals surface area contributed by atoms with E-state index in [1.54, 1.807) is 55.4 Å². The molecule has 0 spiro atoms. The molecule has 0 aliphatic carbocycles. The monoisotopic (exact) mass is 832 g/mol. The molecule has 19 nitrogen and oxygen atoms in total. The molecule has 0 radical (unpaired) electrons. The van der Waals surface area contributed by atoms with E-state index in [0.717, 1.165) is 27.7 Å². The molecule has 2 fully saturated rings. The van der Waals surface area contributed by atoms with E-state index in [0.29, 0.717) is 0 Å². The predicted molar refractivity (Wildman–Crippen MR) is 195 cm³/mol. The average molecular weight is 833 g/mol. The van der Waals surface area contributed by atoms with Gasteiger partial charge >= 0.3 is 53.7 Å². The Morgan fingerprint density at radius 3 is 1.43 bits per heavy atom. The van der Waals surface area contributed by atoms with Crippen LogP contribution in [0.25, 0.3) is 0 Å². The maximum Gasteiger partial charge on any atom is 0.375 e. The van der Waals surface area contributed by atoms with Crippen LogP contribution in [0.2, 0.25) is 0 Å². The number of ether oxygens (including phenoxy) is 11. The topological polar surface area (TPSA) is 238 Å². The third-order valence-corrected chi connectivity index (χ3v) is 8.05. The molecule has 2 saturated heterocycles. The van der Waals surface area contributed by atoms with Crippen molar-refractivity contribution in [3.63, 3.8) is 0 Å². The molecule has 19 heteroatoms. The van der Waals surface area contributed by atoms with E-state index in [4.69, 9.17) is 52.1 Å². The lowest BCUT2D eigenvalue weighted by Gasteiger charge is -2.46. The van der Waals surface area contributed by atoms with Crippen molar-refractivity contribution in [1.29, 1.82) is 0 Å². The smallest absolute Gasteiger partial charge is 0.375 e. The Bertz CT molecular complexity index is 1460. The van der Waals surface area contributed by atoms with Crippen LogP contribution in [-0.2, 0) is 90.5 Å². The Hall–Kier alpha value is -4.36. The summed E-state index contributed by atoms with van der Waals surface area (Å²) in [5.41, 5.74) is 0. The number of carbonyl (C=O) groups is 8. The van der Waals surface area contributed by atoms with E-state index in [2.05, 4.69) is 0 Å². The summed E-state index contributed by atoms with van der Waals surface area (Å²) in [4.78, 5) is 103. The van der Waals surface area contributed by atoms with Gasteiger partial charge in [0.25, 0.3) is 0 Å². The highest BCUT2D eigenvalue weighted by Gasteiger charge is 2.67. The molecule has 9 unspecified atom stereocenters. The molecule has 2 rings (SSSR count). The highest BCUT2D eigenvalue weighted by atomic mass is 16.9. The van der Waals surface area contributed by atoms with E-state index in [1.807, 2.05) is 0 Å². The summed E-state index contributed by atoms with van der Waals surface area (Å²) in [5, 5.41) is 0. The highest BCUT2D eigenvalue weighted by Crippen LogP contribution is 2.43. The molecule has 0 bridgehead atoms. The van der Waals surface area contributed by atoms with Gasteiger partial charge in [0.05, 0.1) is 0 Å². The summed E-state index contributed by atoms with van der Waals surface area (Å²) < 4.78 is 63.7. The van der Waals surface area contributed by atoms with Crippen LogP contribution >= 0.6 is 0 Å². The zero-order valence-electron chi connectivity index (χ0n) is 35.4. The Balaban J connectivity index is 2.95. The van der Waals surface area contributed by atoms with E-state index in [1.165, 1.54) is 0 Å². The zero-order chi connectivity index (χ0) is 44.1. The molecule has 2 aliphatic heterocycles. The molecule has 0 saturated carbocycles. The van der Waals surface area contributed by atoms with Gasteiger partial charge < -0.3 is 47.4 Å². The van der Waals surface area contributed by atoms with Gasteiger partial charge in [-0.25, -0.2) is 0 Å². The molecule has 9 atom stereocenters. The minimum atomic E-state index is -2.94. The molecular weight excluding hydrogens is 772 g/mol. The van der Waals surface area contributed by atoms with Crippen molar-refractivity contribution < 1.29 is 90.5 Å². The largest absolute Gasteiger partial charge is 0.463 e. The number of carbonyl (C=O) groups excluding carboxylic acids is 8. The summed E-state index contributed by atoms with van der Waals surface area (Å²) in [6.45, 7) is 16.8. The van der Waals surface area contributed by atoms with Gasteiger partial charge in [-0.15, -0.1) is 0 Å². The van der Waals surface area contributed by atoms with Gasteiger partial charge in [0.1, 0.15) is 25.4 Å². The minimum Gasteiger partial charge on any atom is -0.463 e. The molecule has 0 aromatic heterocycles. The van der Waals surface area contributed by atoms with Crippen LogP contribution in [0.5, 0.6) is 0 Å². The Morgan fingerprint density at radius 2 is 0.931 bits per heavy atom. The molecule has 58 heavy (non-hydrogen) atoms. The lowest BCUT2D eigenvalue weighted by Crippen LogP contribution is -2.65. The molecule has 0 N–H and O–H groups in total. The Kier molecular flexibility index (Phi) is 19.5. The first-order valence-corrected chi connectivity index (χ1v) is 19.3. The van der Waals surface area contributed by atoms with Crippen molar-refractivity contribution in [1.82, 2.24) is 0 Å². The van der Waals surface area contributed by atoms with Crippen molar-refractivity contribution in [2.75, 3.05) is 13.2 Å². The first kappa shape index (κ1) is 49.8.